The molecule has 1 aromatic rings. The summed E-state index contributed by atoms with van der Waals surface area (Å²) in [4.78, 5) is 11.0. The van der Waals surface area contributed by atoms with Crippen LogP contribution in [0.4, 0.5) is 5.69 Å². The number of ether oxygens (including phenoxy) is 1. The molecule has 0 bridgehead atoms. The molecule has 0 atom stereocenters. The molecule has 1 heterocycles. The first kappa shape index (κ1) is 8.07. The van der Waals surface area contributed by atoms with E-state index in [4.69, 9.17) is 10.5 Å². The molecule has 0 fully saturated rings. The smallest absolute Gasteiger partial charge is 0.228 e. The Bertz CT molecular complexity index is 349. The van der Waals surface area contributed by atoms with Gasteiger partial charge in [0.15, 0.2) is 0 Å². The molecule has 0 aliphatic carbocycles. The third-order valence-corrected chi connectivity index (χ3v) is 1.95. The maximum absolute atomic E-state index is 11.0. The van der Waals surface area contributed by atoms with Crippen LogP contribution in [0.25, 0.3) is 0 Å². The molecular formula is C9H10N2O2. The highest BCUT2D eigenvalue weighted by molar-refractivity contribution is 5.99. The Morgan fingerprint density at radius 2 is 2.38 bits per heavy atom. The molecule has 1 aliphatic rings. The Morgan fingerprint density at radius 3 is 3.15 bits per heavy atom. The van der Waals surface area contributed by atoms with Crippen LogP contribution in [0.1, 0.15) is 5.56 Å². The van der Waals surface area contributed by atoms with E-state index in [1.165, 1.54) is 0 Å². The standard InChI is InChI=1S/C9H10N2O2/c10-5-13-7-1-2-8-6(3-7)4-9(12)11-8/h1-3H,4-5,10H2,(H,11,12). The fourth-order valence-electron chi connectivity index (χ4n) is 1.39. The van der Waals surface area contributed by atoms with E-state index < -0.39 is 0 Å². The number of hydrogen-bond acceptors (Lipinski definition) is 3. The average molecular weight is 178 g/mol. The number of carbonyl (C=O) groups excluding carboxylic acids is 1. The zero-order valence-corrected chi connectivity index (χ0v) is 7.04. The number of fused-ring (bicyclic) bond motifs is 1. The summed E-state index contributed by atoms with van der Waals surface area (Å²) < 4.78 is 5.11. The molecule has 1 aliphatic heterocycles. The minimum absolute atomic E-state index is 0.0277. The van der Waals surface area contributed by atoms with Crippen molar-refractivity contribution in [1.82, 2.24) is 0 Å². The molecule has 0 saturated carbocycles. The van der Waals surface area contributed by atoms with E-state index in [-0.39, 0.29) is 12.6 Å². The molecule has 3 N–H and O–H groups in total. The fraction of sp³-hybridized carbons (Fsp3) is 0.222. The Kier molecular flexibility index (Phi) is 1.90. The lowest BCUT2D eigenvalue weighted by atomic mass is 10.1. The highest BCUT2D eigenvalue weighted by Crippen LogP contribution is 2.26. The van der Waals surface area contributed by atoms with Crippen molar-refractivity contribution in [2.45, 2.75) is 6.42 Å². The van der Waals surface area contributed by atoms with Gasteiger partial charge in [-0.15, -0.1) is 0 Å². The van der Waals surface area contributed by atoms with E-state index in [0.717, 1.165) is 11.3 Å². The van der Waals surface area contributed by atoms with Crippen molar-refractivity contribution in [3.8, 4) is 5.75 Å². The lowest BCUT2D eigenvalue weighted by Crippen LogP contribution is -2.07. The van der Waals surface area contributed by atoms with Gasteiger partial charge >= 0.3 is 0 Å². The molecule has 68 valence electrons. The van der Waals surface area contributed by atoms with Crippen LogP contribution in [0.15, 0.2) is 18.2 Å². The van der Waals surface area contributed by atoms with Crippen LogP contribution >= 0.6 is 0 Å². The fourth-order valence-corrected chi connectivity index (χ4v) is 1.39. The number of nitrogens with two attached hydrogens (primary N) is 1. The Morgan fingerprint density at radius 1 is 1.54 bits per heavy atom. The zero-order chi connectivity index (χ0) is 9.26. The van der Waals surface area contributed by atoms with Crippen molar-refractivity contribution in [2.75, 3.05) is 12.0 Å². The highest BCUT2D eigenvalue weighted by Gasteiger charge is 2.17. The molecule has 1 aromatic carbocycles. The maximum atomic E-state index is 11.0. The first-order valence-electron chi connectivity index (χ1n) is 4.05. The van der Waals surface area contributed by atoms with E-state index in [1.54, 1.807) is 6.07 Å². The summed E-state index contributed by atoms with van der Waals surface area (Å²) in [5, 5.41) is 2.74. The van der Waals surface area contributed by atoms with Crippen molar-refractivity contribution in [1.29, 1.82) is 0 Å². The second-order valence-corrected chi connectivity index (χ2v) is 2.85. The summed E-state index contributed by atoms with van der Waals surface area (Å²) in [6, 6.07) is 5.45. The van der Waals surface area contributed by atoms with Crippen LogP contribution in [0, 0.1) is 0 Å². The van der Waals surface area contributed by atoms with Gasteiger partial charge in [0.05, 0.1) is 6.42 Å². The number of rotatable bonds is 2. The number of nitrogens with one attached hydrogen (secondary N) is 1. The van der Waals surface area contributed by atoms with Gasteiger partial charge in [-0.2, -0.15) is 0 Å². The molecular weight excluding hydrogens is 168 g/mol. The first-order chi connectivity index (χ1) is 6.29. The van der Waals surface area contributed by atoms with E-state index in [2.05, 4.69) is 5.32 Å². The highest BCUT2D eigenvalue weighted by atomic mass is 16.5. The molecule has 1 amide bonds. The normalized spacial score (nSPS) is 13.8. The van der Waals surface area contributed by atoms with E-state index >= 15 is 0 Å². The zero-order valence-electron chi connectivity index (χ0n) is 7.04. The largest absolute Gasteiger partial charge is 0.479 e. The van der Waals surface area contributed by atoms with Crippen molar-refractivity contribution in [3.05, 3.63) is 23.8 Å². The number of hydrogen-bond donors (Lipinski definition) is 2. The van der Waals surface area contributed by atoms with E-state index in [1.807, 2.05) is 12.1 Å². The van der Waals surface area contributed by atoms with Crippen LogP contribution in [-0.4, -0.2) is 12.6 Å². The SMILES string of the molecule is NCOc1ccc2c(c1)CC(=O)N2. The minimum Gasteiger partial charge on any atom is -0.479 e. The summed E-state index contributed by atoms with van der Waals surface area (Å²) in [5.74, 6) is 0.734. The van der Waals surface area contributed by atoms with Gasteiger partial charge in [-0.25, -0.2) is 0 Å². The number of amides is 1. The molecule has 0 radical (unpaired) electrons. The van der Waals surface area contributed by atoms with Gasteiger partial charge in [-0.1, -0.05) is 0 Å². The summed E-state index contributed by atoms with van der Waals surface area (Å²) in [6.45, 7) is 0.153. The molecule has 2 rings (SSSR count). The van der Waals surface area contributed by atoms with Crippen LogP contribution < -0.4 is 15.8 Å². The molecule has 0 aromatic heterocycles. The number of carbonyl (C=O) groups is 1. The predicted octanol–water partition coefficient (Wildman–Crippen LogP) is 0.476. The second kappa shape index (κ2) is 3.06. The van der Waals surface area contributed by atoms with Crippen molar-refractivity contribution < 1.29 is 9.53 Å². The van der Waals surface area contributed by atoms with Gasteiger partial charge in [-0.3, -0.25) is 10.5 Å². The van der Waals surface area contributed by atoms with Crippen LogP contribution in [0.5, 0.6) is 5.75 Å². The first-order valence-corrected chi connectivity index (χ1v) is 4.05. The van der Waals surface area contributed by atoms with Gasteiger partial charge in [0, 0.05) is 5.69 Å². The number of anilines is 1. The maximum Gasteiger partial charge on any atom is 0.228 e. The summed E-state index contributed by atoms with van der Waals surface area (Å²) in [6.07, 6.45) is 0.428. The van der Waals surface area contributed by atoms with Crippen molar-refractivity contribution >= 4 is 11.6 Å². The van der Waals surface area contributed by atoms with Gasteiger partial charge in [0.1, 0.15) is 12.5 Å². The quantitative estimate of drug-likeness (QED) is 0.647. The molecule has 0 spiro atoms. The summed E-state index contributed by atoms with van der Waals surface area (Å²) >= 11 is 0. The van der Waals surface area contributed by atoms with Gasteiger partial charge < -0.3 is 10.1 Å². The second-order valence-electron chi connectivity index (χ2n) is 2.85. The van der Waals surface area contributed by atoms with Crippen molar-refractivity contribution in [2.24, 2.45) is 5.73 Å². The van der Waals surface area contributed by atoms with Crippen LogP contribution in [-0.2, 0) is 11.2 Å². The number of benzene rings is 1. The van der Waals surface area contributed by atoms with Crippen LogP contribution in [0.2, 0.25) is 0 Å². The minimum atomic E-state index is 0.0277. The van der Waals surface area contributed by atoms with Gasteiger partial charge in [0.2, 0.25) is 5.91 Å². The molecule has 0 unspecified atom stereocenters. The average Bonchev–Trinajstić information content (AvgIpc) is 2.44. The summed E-state index contributed by atoms with van der Waals surface area (Å²) in [7, 11) is 0. The molecule has 4 nitrogen and oxygen atoms in total. The topological polar surface area (TPSA) is 64.3 Å². The van der Waals surface area contributed by atoms with E-state index in [0.29, 0.717) is 12.2 Å². The molecule has 4 heteroatoms. The van der Waals surface area contributed by atoms with Crippen LogP contribution in [0.3, 0.4) is 0 Å². The Labute approximate surface area is 75.7 Å². The predicted molar refractivity (Wildman–Crippen MR) is 48.5 cm³/mol. The lowest BCUT2D eigenvalue weighted by molar-refractivity contribution is -0.115. The Hall–Kier alpha value is -1.55. The van der Waals surface area contributed by atoms with Crippen molar-refractivity contribution in [3.63, 3.8) is 0 Å². The monoisotopic (exact) mass is 178 g/mol. The lowest BCUT2D eigenvalue weighted by Gasteiger charge is -2.04. The third kappa shape index (κ3) is 1.48. The van der Waals surface area contributed by atoms with Gasteiger partial charge in [-0.05, 0) is 23.8 Å². The molecule has 13 heavy (non-hydrogen) atoms. The molecule has 0 saturated heterocycles. The van der Waals surface area contributed by atoms with E-state index in [9.17, 15) is 4.79 Å². The van der Waals surface area contributed by atoms with Gasteiger partial charge in [0.25, 0.3) is 0 Å². The third-order valence-electron chi connectivity index (χ3n) is 1.95. The Balaban J connectivity index is 2.29. The summed E-state index contributed by atoms with van der Waals surface area (Å²) in [5.41, 5.74) is 7.07.